The lowest BCUT2D eigenvalue weighted by Crippen LogP contribution is -2.63. The Morgan fingerprint density at radius 3 is 1.64 bits per heavy atom. The molecule has 3 aromatic carbocycles. The van der Waals surface area contributed by atoms with E-state index in [0.29, 0.717) is 5.56 Å². The third-order valence-electron chi connectivity index (χ3n) is 6.17. The van der Waals surface area contributed by atoms with Gasteiger partial charge in [0.15, 0.2) is 12.2 Å². The van der Waals surface area contributed by atoms with Gasteiger partial charge < -0.3 is 29.0 Å². The van der Waals surface area contributed by atoms with Crippen LogP contribution in [0.2, 0.25) is 0 Å². The van der Waals surface area contributed by atoms with Gasteiger partial charge in [0.2, 0.25) is 0 Å². The molecule has 3 aromatic rings. The first kappa shape index (κ1) is 30.3. The Bertz CT molecular complexity index is 1360. The standard InChI is InChI=1S/C32H33NO9/c1-32(2,3)42-31(37)33-24-19-38-25(20-39-28(34)21-13-7-4-8-14-21)27(41-30(36)23-17-11-6-12-18-23)26(24)40-29(35)22-15-9-5-10-16-22/h4-18,24-27H,19-20H2,1-3H3,(H,33,37)/t24-,25+,26+,27+/m0/s1. The molecule has 1 fully saturated rings. The van der Waals surface area contributed by atoms with Gasteiger partial charge in [-0.25, -0.2) is 19.2 Å². The van der Waals surface area contributed by atoms with Gasteiger partial charge in [0.05, 0.1) is 29.3 Å². The second-order valence-electron chi connectivity index (χ2n) is 10.6. The second kappa shape index (κ2) is 13.8. The predicted molar refractivity (Wildman–Crippen MR) is 151 cm³/mol. The third-order valence-corrected chi connectivity index (χ3v) is 6.17. The molecule has 0 saturated carbocycles. The molecule has 0 bridgehead atoms. The molecule has 0 aromatic heterocycles. The van der Waals surface area contributed by atoms with Gasteiger partial charge in [-0.15, -0.1) is 0 Å². The molecule has 1 saturated heterocycles. The van der Waals surface area contributed by atoms with Crippen LogP contribution in [0.15, 0.2) is 91.0 Å². The van der Waals surface area contributed by atoms with Gasteiger partial charge in [-0.05, 0) is 57.2 Å². The predicted octanol–water partition coefficient (Wildman–Crippen LogP) is 4.59. The Morgan fingerprint density at radius 1 is 0.714 bits per heavy atom. The van der Waals surface area contributed by atoms with Crippen molar-refractivity contribution in [1.82, 2.24) is 5.32 Å². The number of esters is 3. The van der Waals surface area contributed by atoms with Crippen LogP contribution in [0.3, 0.4) is 0 Å². The Kier molecular flexibility index (Phi) is 9.93. The van der Waals surface area contributed by atoms with E-state index in [1.807, 2.05) is 0 Å². The van der Waals surface area contributed by atoms with Crippen LogP contribution in [0.5, 0.6) is 0 Å². The molecule has 1 aliphatic heterocycles. The van der Waals surface area contributed by atoms with E-state index in [2.05, 4.69) is 5.32 Å². The second-order valence-corrected chi connectivity index (χ2v) is 10.6. The fourth-order valence-corrected chi connectivity index (χ4v) is 4.22. The largest absolute Gasteiger partial charge is 0.459 e. The average molecular weight is 576 g/mol. The number of nitrogens with one attached hydrogen (secondary N) is 1. The van der Waals surface area contributed by atoms with Crippen LogP contribution >= 0.6 is 0 Å². The highest BCUT2D eigenvalue weighted by molar-refractivity contribution is 5.91. The zero-order valence-corrected chi connectivity index (χ0v) is 23.6. The molecule has 1 aliphatic rings. The molecular weight excluding hydrogens is 542 g/mol. The molecule has 220 valence electrons. The van der Waals surface area contributed by atoms with Gasteiger partial charge in [-0.3, -0.25) is 0 Å². The molecule has 0 aliphatic carbocycles. The van der Waals surface area contributed by atoms with Gasteiger partial charge in [0.1, 0.15) is 18.3 Å². The average Bonchev–Trinajstić information content (AvgIpc) is 2.98. The quantitative estimate of drug-likeness (QED) is 0.303. The van der Waals surface area contributed by atoms with Crippen molar-refractivity contribution in [2.24, 2.45) is 0 Å². The summed E-state index contributed by atoms with van der Waals surface area (Å²) < 4.78 is 28.6. The Hall–Kier alpha value is -4.70. The number of hydrogen-bond donors (Lipinski definition) is 1. The van der Waals surface area contributed by atoms with Gasteiger partial charge in [0.25, 0.3) is 0 Å². The molecule has 0 spiro atoms. The maximum absolute atomic E-state index is 13.2. The van der Waals surface area contributed by atoms with E-state index in [0.717, 1.165) is 0 Å². The number of benzene rings is 3. The first-order valence-corrected chi connectivity index (χ1v) is 13.5. The lowest BCUT2D eigenvalue weighted by molar-refractivity contribution is -0.165. The van der Waals surface area contributed by atoms with Crippen molar-refractivity contribution in [2.45, 2.75) is 50.7 Å². The Balaban J connectivity index is 1.63. The zero-order valence-electron chi connectivity index (χ0n) is 23.6. The molecule has 42 heavy (non-hydrogen) atoms. The van der Waals surface area contributed by atoms with E-state index in [1.54, 1.807) is 112 Å². The SMILES string of the molecule is CC(C)(C)OC(=O)N[C@H]1CO[C@H](COC(=O)c2ccccc2)[C@@H](OC(=O)c2ccccc2)[C@@H]1OC(=O)c1ccccc1. The molecule has 1 amide bonds. The molecule has 1 N–H and O–H groups in total. The normalized spacial score (nSPS) is 20.1. The lowest BCUT2D eigenvalue weighted by atomic mass is 9.97. The van der Waals surface area contributed by atoms with E-state index in [9.17, 15) is 19.2 Å². The van der Waals surface area contributed by atoms with Crippen molar-refractivity contribution in [1.29, 1.82) is 0 Å². The monoisotopic (exact) mass is 575 g/mol. The van der Waals surface area contributed by atoms with Crippen molar-refractivity contribution in [3.63, 3.8) is 0 Å². The fourth-order valence-electron chi connectivity index (χ4n) is 4.22. The minimum atomic E-state index is -1.28. The van der Waals surface area contributed by atoms with Crippen molar-refractivity contribution in [3.05, 3.63) is 108 Å². The summed E-state index contributed by atoms with van der Waals surface area (Å²) in [5.41, 5.74) is 0.0131. The smallest absolute Gasteiger partial charge is 0.408 e. The number of carbonyl (C=O) groups is 4. The van der Waals surface area contributed by atoms with Crippen molar-refractivity contribution >= 4 is 24.0 Å². The Labute approximate surface area is 243 Å². The minimum Gasteiger partial charge on any atom is -0.459 e. The van der Waals surface area contributed by atoms with Crippen LogP contribution < -0.4 is 5.32 Å². The van der Waals surface area contributed by atoms with Crippen LogP contribution in [0, 0.1) is 0 Å². The molecule has 0 unspecified atom stereocenters. The van der Waals surface area contributed by atoms with E-state index in [1.165, 1.54) is 0 Å². The van der Waals surface area contributed by atoms with Gasteiger partial charge in [-0.1, -0.05) is 54.6 Å². The number of rotatable bonds is 8. The summed E-state index contributed by atoms with van der Waals surface area (Å²) in [5, 5.41) is 2.67. The molecule has 4 atom stereocenters. The molecule has 1 heterocycles. The summed E-state index contributed by atoms with van der Waals surface area (Å²) in [7, 11) is 0. The van der Waals surface area contributed by atoms with Crippen molar-refractivity contribution in [2.75, 3.05) is 13.2 Å². The van der Waals surface area contributed by atoms with Gasteiger partial charge >= 0.3 is 24.0 Å². The van der Waals surface area contributed by atoms with Crippen LogP contribution in [-0.4, -0.2) is 67.2 Å². The maximum atomic E-state index is 13.2. The van der Waals surface area contributed by atoms with E-state index in [-0.39, 0.29) is 24.3 Å². The van der Waals surface area contributed by atoms with Crippen LogP contribution in [0.25, 0.3) is 0 Å². The summed E-state index contributed by atoms with van der Waals surface area (Å²) >= 11 is 0. The molecule has 10 heteroatoms. The van der Waals surface area contributed by atoms with E-state index < -0.39 is 54.0 Å². The number of amides is 1. The molecule has 10 nitrogen and oxygen atoms in total. The summed E-state index contributed by atoms with van der Waals surface area (Å²) in [6, 6.07) is 23.9. The highest BCUT2D eigenvalue weighted by Crippen LogP contribution is 2.25. The highest BCUT2D eigenvalue weighted by atomic mass is 16.6. The molecule has 4 rings (SSSR count). The number of hydrogen-bond acceptors (Lipinski definition) is 9. The number of carbonyl (C=O) groups excluding carboxylic acids is 4. The van der Waals surface area contributed by atoms with E-state index in [4.69, 9.17) is 23.7 Å². The zero-order chi connectivity index (χ0) is 30.1. The third kappa shape index (κ3) is 8.40. The van der Waals surface area contributed by atoms with Gasteiger partial charge in [0, 0.05) is 0 Å². The van der Waals surface area contributed by atoms with Crippen molar-refractivity contribution < 1.29 is 42.9 Å². The first-order chi connectivity index (χ1) is 20.1. The number of ether oxygens (including phenoxy) is 5. The van der Waals surface area contributed by atoms with E-state index >= 15 is 0 Å². The minimum absolute atomic E-state index is 0.154. The first-order valence-electron chi connectivity index (χ1n) is 13.5. The summed E-state index contributed by atoms with van der Waals surface area (Å²) in [6.07, 6.45) is -4.32. The topological polar surface area (TPSA) is 126 Å². The summed E-state index contributed by atoms with van der Waals surface area (Å²) in [4.78, 5) is 51.8. The lowest BCUT2D eigenvalue weighted by Gasteiger charge is -2.41. The highest BCUT2D eigenvalue weighted by Gasteiger charge is 2.47. The molecule has 0 radical (unpaired) electrons. The van der Waals surface area contributed by atoms with Crippen LogP contribution in [0.4, 0.5) is 4.79 Å². The maximum Gasteiger partial charge on any atom is 0.408 e. The fraction of sp³-hybridized carbons (Fsp3) is 0.312. The van der Waals surface area contributed by atoms with Crippen molar-refractivity contribution in [3.8, 4) is 0 Å². The summed E-state index contributed by atoms with van der Waals surface area (Å²) in [6.45, 7) is 4.65. The summed E-state index contributed by atoms with van der Waals surface area (Å²) in [5.74, 6) is -2.04. The molecular formula is C32H33NO9. The number of alkyl carbamates (subject to hydrolysis) is 1. The Morgan fingerprint density at radius 2 is 1.17 bits per heavy atom. The van der Waals surface area contributed by atoms with Gasteiger partial charge in [-0.2, -0.15) is 0 Å². The van der Waals surface area contributed by atoms with Crippen LogP contribution in [-0.2, 0) is 23.7 Å². The van der Waals surface area contributed by atoms with Crippen LogP contribution in [0.1, 0.15) is 51.8 Å².